The maximum atomic E-state index is 6.17. The van der Waals surface area contributed by atoms with E-state index in [0.717, 1.165) is 41.4 Å². The van der Waals surface area contributed by atoms with Crippen LogP contribution in [0.3, 0.4) is 0 Å². The van der Waals surface area contributed by atoms with Crippen molar-refractivity contribution < 1.29 is 0 Å². The smallest absolute Gasteiger partial charge is 0.161 e. The summed E-state index contributed by atoms with van der Waals surface area (Å²) in [6.07, 6.45) is 1.82. The Labute approximate surface area is 112 Å². The van der Waals surface area contributed by atoms with E-state index in [2.05, 4.69) is 22.0 Å². The standard InChI is InChI=1S/C13H17ClN4/c1-5-6-11-15-12(14)10(4)13(16-11)18-9(3)7-8(2)17-18/h7H,5-6H2,1-4H3. The van der Waals surface area contributed by atoms with E-state index in [1.807, 2.05) is 31.5 Å². The zero-order valence-corrected chi connectivity index (χ0v) is 11.9. The topological polar surface area (TPSA) is 43.6 Å². The Morgan fingerprint density at radius 3 is 2.50 bits per heavy atom. The second-order valence-corrected chi connectivity index (χ2v) is 4.83. The number of hydrogen-bond acceptors (Lipinski definition) is 3. The van der Waals surface area contributed by atoms with Crippen LogP contribution in [0.1, 0.15) is 36.1 Å². The van der Waals surface area contributed by atoms with Crippen LogP contribution in [0.25, 0.3) is 5.82 Å². The van der Waals surface area contributed by atoms with Gasteiger partial charge in [0.1, 0.15) is 11.0 Å². The van der Waals surface area contributed by atoms with E-state index in [4.69, 9.17) is 11.6 Å². The van der Waals surface area contributed by atoms with Crippen LogP contribution >= 0.6 is 11.6 Å². The quantitative estimate of drug-likeness (QED) is 0.800. The average Bonchev–Trinajstić information content (AvgIpc) is 2.63. The Hall–Kier alpha value is -1.42. The van der Waals surface area contributed by atoms with Crippen LogP contribution in [0.5, 0.6) is 0 Å². The molecule has 0 radical (unpaired) electrons. The molecule has 0 saturated carbocycles. The highest BCUT2D eigenvalue weighted by atomic mass is 35.5. The molecule has 0 aliphatic rings. The second kappa shape index (κ2) is 5.06. The summed E-state index contributed by atoms with van der Waals surface area (Å²) < 4.78 is 1.83. The Morgan fingerprint density at radius 2 is 1.94 bits per heavy atom. The molecule has 0 unspecified atom stereocenters. The lowest BCUT2D eigenvalue weighted by Gasteiger charge is -2.10. The van der Waals surface area contributed by atoms with Crippen LogP contribution in [0, 0.1) is 20.8 Å². The molecule has 2 rings (SSSR count). The highest BCUT2D eigenvalue weighted by molar-refractivity contribution is 6.30. The van der Waals surface area contributed by atoms with Crippen molar-refractivity contribution in [2.75, 3.05) is 0 Å². The zero-order valence-electron chi connectivity index (χ0n) is 11.2. The van der Waals surface area contributed by atoms with Crippen LogP contribution in [-0.2, 0) is 6.42 Å². The van der Waals surface area contributed by atoms with E-state index in [1.165, 1.54) is 0 Å². The zero-order chi connectivity index (χ0) is 13.3. The van der Waals surface area contributed by atoms with Crippen molar-refractivity contribution in [3.05, 3.63) is 34.0 Å². The first-order valence-corrected chi connectivity index (χ1v) is 6.47. The lowest BCUT2D eigenvalue weighted by molar-refractivity contribution is 0.758. The summed E-state index contributed by atoms with van der Waals surface area (Å²) in [5.41, 5.74) is 2.88. The predicted molar refractivity (Wildman–Crippen MR) is 72.4 cm³/mol. The molecular weight excluding hydrogens is 248 g/mol. The molecule has 0 saturated heterocycles. The van der Waals surface area contributed by atoms with Crippen molar-refractivity contribution in [3.8, 4) is 5.82 Å². The van der Waals surface area contributed by atoms with Gasteiger partial charge in [-0.3, -0.25) is 0 Å². The molecule has 4 nitrogen and oxygen atoms in total. The Bertz CT molecular complexity index is 575. The predicted octanol–water partition coefficient (Wildman–Crippen LogP) is 3.19. The number of rotatable bonds is 3. The van der Waals surface area contributed by atoms with Gasteiger partial charge < -0.3 is 0 Å². The average molecular weight is 265 g/mol. The van der Waals surface area contributed by atoms with Gasteiger partial charge >= 0.3 is 0 Å². The first-order chi connectivity index (χ1) is 8.52. The molecule has 96 valence electrons. The van der Waals surface area contributed by atoms with Crippen molar-refractivity contribution >= 4 is 11.6 Å². The van der Waals surface area contributed by atoms with Crippen LogP contribution in [-0.4, -0.2) is 19.7 Å². The fourth-order valence-corrected chi connectivity index (χ4v) is 2.09. The lowest BCUT2D eigenvalue weighted by Crippen LogP contribution is -2.09. The maximum absolute atomic E-state index is 6.17. The molecule has 2 aromatic heterocycles. The minimum Gasteiger partial charge on any atom is -0.221 e. The summed E-state index contributed by atoms with van der Waals surface area (Å²) >= 11 is 6.17. The van der Waals surface area contributed by atoms with Crippen LogP contribution in [0.2, 0.25) is 5.15 Å². The van der Waals surface area contributed by atoms with Gasteiger partial charge in [-0.2, -0.15) is 5.10 Å². The van der Waals surface area contributed by atoms with E-state index in [9.17, 15) is 0 Å². The van der Waals surface area contributed by atoms with Crippen molar-refractivity contribution in [2.45, 2.75) is 40.5 Å². The normalized spacial score (nSPS) is 10.9. The number of halogens is 1. The lowest BCUT2D eigenvalue weighted by atomic mass is 10.3. The minimum atomic E-state index is 0.510. The molecule has 5 heteroatoms. The van der Waals surface area contributed by atoms with E-state index in [-0.39, 0.29) is 0 Å². The molecule has 0 fully saturated rings. The van der Waals surface area contributed by atoms with Crippen molar-refractivity contribution in [1.29, 1.82) is 0 Å². The Morgan fingerprint density at radius 1 is 1.22 bits per heavy atom. The Balaban J connectivity index is 2.59. The fourth-order valence-electron chi connectivity index (χ4n) is 1.91. The van der Waals surface area contributed by atoms with Gasteiger partial charge in [0.25, 0.3) is 0 Å². The fraction of sp³-hybridized carbons (Fsp3) is 0.462. The van der Waals surface area contributed by atoms with Crippen LogP contribution in [0.4, 0.5) is 0 Å². The molecule has 0 spiro atoms. The molecule has 2 heterocycles. The number of aryl methyl sites for hydroxylation is 3. The van der Waals surface area contributed by atoms with Gasteiger partial charge in [-0.05, 0) is 33.3 Å². The number of aromatic nitrogens is 4. The third-order valence-electron chi connectivity index (χ3n) is 2.79. The van der Waals surface area contributed by atoms with Gasteiger partial charge in [0, 0.05) is 17.7 Å². The molecule has 2 aromatic rings. The van der Waals surface area contributed by atoms with Gasteiger partial charge in [0.2, 0.25) is 0 Å². The SMILES string of the molecule is CCCc1nc(Cl)c(C)c(-n2nc(C)cc2C)n1. The molecule has 0 bridgehead atoms. The summed E-state index contributed by atoms with van der Waals surface area (Å²) in [6, 6.07) is 2.02. The number of hydrogen-bond donors (Lipinski definition) is 0. The summed E-state index contributed by atoms with van der Waals surface area (Å²) in [5, 5.41) is 4.96. The molecule has 0 aromatic carbocycles. The van der Waals surface area contributed by atoms with E-state index in [0.29, 0.717) is 5.15 Å². The van der Waals surface area contributed by atoms with Gasteiger partial charge in [-0.1, -0.05) is 18.5 Å². The van der Waals surface area contributed by atoms with Gasteiger partial charge in [0.05, 0.1) is 5.69 Å². The summed E-state index contributed by atoms with van der Waals surface area (Å²) in [5.74, 6) is 1.56. The van der Waals surface area contributed by atoms with E-state index >= 15 is 0 Å². The number of nitrogens with zero attached hydrogens (tertiary/aromatic N) is 4. The highest BCUT2D eigenvalue weighted by Gasteiger charge is 2.13. The first-order valence-electron chi connectivity index (χ1n) is 6.09. The molecule has 0 amide bonds. The molecule has 18 heavy (non-hydrogen) atoms. The molecule has 0 aliphatic heterocycles. The summed E-state index contributed by atoms with van der Waals surface area (Å²) in [4.78, 5) is 8.87. The molecule has 0 aliphatic carbocycles. The van der Waals surface area contributed by atoms with Crippen molar-refractivity contribution in [3.63, 3.8) is 0 Å². The van der Waals surface area contributed by atoms with Crippen molar-refractivity contribution in [2.24, 2.45) is 0 Å². The second-order valence-electron chi connectivity index (χ2n) is 4.47. The van der Waals surface area contributed by atoms with E-state index in [1.54, 1.807) is 0 Å². The summed E-state index contributed by atoms with van der Waals surface area (Å²) in [7, 11) is 0. The molecule has 0 N–H and O–H groups in total. The minimum absolute atomic E-state index is 0.510. The van der Waals surface area contributed by atoms with E-state index < -0.39 is 0 Å². The summed E-state index contributed by atoms with van der Waals surface area (Å²) in [6.45, 7) is 7.99. The van der Waals surface area contributed by atoms with Gasteiger partial charge in [-0.25, -0.2) is 14.6 Å². The first kappa shape index (κ1) is 13.0. The monoisotopic (exact) mass is 264 g/mol. The largest absolute Gasteiger partial charge is 0.221 e. The van der Waals surface area contributed by atoms with Crippen molar-refractivity contribution in [1.82, 2.24) is 19.7 Å². The van der Waals surface area contributed by atoms with Gasteiger partial charge in [0.15, 0.2) is 5.82 Å². The van der Waals surface area contributed by atoms with Crippen LogP contribution < -0.4 is 0 Å². The third kappa shape index (κ3) is 2.38. The highest BCUT2D eigenvalue weighted by Crippen LogP contribution is 2.20. The Kier molecular flexibility index (Phi) is 3.66. The molecule has 0 atom stereocenters. The van der Waals surface area contributed by atoms with Gasteiger partial charge in [-0.15, -0.1) is 0 Å². The maximum Gasteiger partial charge on any atom is 0.161 e. The molecular formula is C13H17ClN4. The third-order valence-corrected chi connectivity index (χ3v) is 3.16. The van der Waals surface area contributed by atoms with Crippen LogP contribution in [0.15, 0.2) is 6.07 Å².